The van der Waals surface area contributed by atoms with Crippen molar-refractivity contribution in [1.29, 1.82) is 0 Å². The van der Waals surface area contributed by atoms with E-state index in [1.165, 1.54) is 12.4 Å². The molecule has 2 aliphatic rings. The number of carbonyl (C=O) groups excluding carboxylic acids is 1. The Hall–Kier alpha value is -3.33. The van der Waals surface area contributed by atoms with Crippen LogP contribution in [0.5, 0.6) is 11.5 Å². The Morgan fingerprint density at radius 3 is 2.65 bits per heavy atom. The summed E-state index contributed by atoms with van der Waals surface area (Å²) in [7, 11) is 0. The Morgan fingerprint density at radius 2 is 1.92 bits per heavy atom. The summed E-state index contributed by atoms with van der Waals surface area (Å²) in [6.45, 7) is 2.09. The molecule has 3 heterocycles. The second-order valence-corrected chi connectivity index (χ2v) is 10.0. The largest absolute Gasteiger partial charge is 0.487 e. The molecule has 192 valence electrons. The Balaban J connectivity index is 1.36. The molecule has 0 bridgehead atoms. The lowest BCUT2D eigenvalue weighted by Crippen LogP contribution is -2.33. The highest BCUT2D eigenvalue weighted by Crippen LogP contribution is 2.35. The van der Waals surface area contributed by atoms with Crippen LogP contribution in [-0.4, -0.2) is 34.2 Å². The van der Waals surface area contributed by atoms with Crippen molar-refractivity contribution in [2.45, 2.75) is 44.3 Å². The molecular weight excluding hydrogens is 515 g/mol. The fourth-order valence-corrected chi connectivity index (χ4v) is 4.71. The molecule has 8 nitrogen and oxygen atoms in total. The number of benzene rings is 1. The molecular formula is C27H26Cl2N4O4. The fourth-order valence-electron chi connectivity index (χ4n) is 4.25. The predicted molar refractivity (Wildman–Crippen MR) is 142 cm³/mol. The number of rotatable bonds is 8. The topological polar surface area (TPSA) is 94.6 Å². The summed E-state index contributed by atoms with van der Waals surface area (Å²) < 4.78 is 12.5. The smallest absolute Gasteiger partial charge is 0.255 e. The van der Waals surface area contributed by atoms with Crippen molar-refractivity contribution in [2.24, 2.45) is 0 Å². The normalized spacial score (nSPS) is 19.3. The Labute approximate surface area is 224 Å². The molecule has 10 heteroatoms. The Bertz CT molecular complexity index is 1290. The van der Waals surface area contributed by atoms with Crippen LogP contribution in [-0.2, 0) is 4.84 Å². The van der Waals surface area contributed by atoms with Crippen molar-refractivity contribution in [3.63, 3.8) is 0 Å². The maximum absolute atomic E-state index is 13.1. The molecule has 37 heavy (non-hydrogen) atoms. The van der Waals surface area contributed by atoms with Crippen molar-refractivity contribution in [2.75, 3.05) is 11.9 Å². The predicted octanol–water partition coefficient (Wildman–Crippen LogP) is 6.07. The number of hydrogen-bond acceptors (Lipinski definition) is 7. The first kappa shape index (κ1) is 25.3. The monoisotopic (exact) mass is 540 g/mol. The van der Waals surface area contributed by atoms with Crippen LogP contribution in [0.2, 0.25) is 10.0 Å². The van der Waals surface area contributed by atoms with E-state index < -0.39 is 11.5 Å². The second-order valence-electron chi connectivity index (χ2n) is 9.22. The van der Waals surface area contributed by atoms with Crippen molar-refractivity contribution in [1.82, 2.24) is 15.4 Å². The van der Waals surface area contributed by atoms with Gasteiger partial charge in [0.25, 0.3) is 5.91 Å². The van der Waals surface area contributed by atoms with Gasteiger partial charge in [-0.2, -0.15) is 0 Å². The molecule has 5 rings (SSSR count). The number of pyridine rings is 2. The number of nitrogens with one attached hydrogen (secondary N) is 2. The molecule has 1 aliphatic heterocycles. The zero-order valence-electron chi connectivity index (χ0n) is 20.2. The number of ether oxygens (including phenoxy) is 2. The third-order valence-corrected chi connectivity index (χ3v) is 6.80. The summed E-state index contributed by atoms with van der Waals surface area (Å²) in [5, 5.41) is 3.24. The number of halogens is 2. The van der Waals surface area contributed by atoms with Gasteiger partial charge in [0, 0.05) is 35.9 Å². The van der Waals surface area contributed by atoms with Crippen LogP contribution in [0.3, 0.4) is 0 Å². The van der Waals surface area contributed by atoms with Crippen molar-refractivity contribution in [3.05, 3.63) is 82.4 Å². The first-order valence-corrected chi connectivity index (χ1v) is 12.8. The van der Waals surface area contributed by atoms with Gasteiger partial charge in [-0.15, -0.1) is 0 Å². The van der Waals surface area contributed by atoms with E-state index in [9.17, 15) is 4.79 Å². The van der Waals surface area contributed by atoms with E-state index in [0.717, 1.165) is 36.9 Å². The van der Waals surface area contributed by atoms with E-state index in [1.807, 2.05) is 25.1 Å². The summed E-state index contributed by atoms with van der Waals surface area (Å²) in [5.74, 6) is 0.630. The van der Waals surface area contributed by atoms with Gasteiger partial charge in [0.1, 0.15) is 12.2 Å². The molecule has 1 saturated carbocycles. The third kappa shape index (κ3) is 5.98. The maximum Gasteiger partial charge on any atom is 0.255 e. The summed E-state index contributed by atoms with van der Waals surface area (Å²) in [5.41, 5.74) is 4.57. The van der Waals surface area contributed by atoms with E-state index >= 15 is 0 Å². The minimum absolute atomic E-state index is 0.119. The van der Waals surface area contributed by atoms with Crippen molar-refractivity contribution in [3.8, 4) is 11.5 Å². The summed E-state index contributed by atoms with van der Waals surface area (Å²) in [6.07, 6.45) is 12.6. The maximum atomic E-state index is 13.1. The molecule has 3 aromatic rings. The second kappa shape index (κ2) is 11.0. The molecule has 1 aliphatic carbocycles. The zero-order chi connectivity index (χ0) is 25.8. The summed E-state index contributed by atoms with van der Waals surface area (Å²) in [6, 6.07) is 8.90. The van der Waals surface area contributed by atoms with Gasteiger partial charge in [0.2, 0.25) is 0 Å². The van der Waals surface area contributed by atoms with Crippen LogP contribution < -0.4 is 20.3 Å². The van der Waals surface area contributed by atoms with Crippen LogP contribution in [0.1, 0.15) is 48.5 Å². The quantitative estimate of drug-likeness (QED) is 0.358. The molecule has 0 radical (unpaired) electrons. The molecule has 0 spiro atoms. The van der Waals surface area contributed by atoms with E-state index in [1.54, 1.807) is 30.6 Å². The third-order valence-electron chi connectivity index (χ3n) is 6.22. The molecule has 1 aromatic carbocycles. The van der Waals surface area contributed by atoms with Gasteiger partial charge in [-0.05, 0) is 69.0 Å². The van der Waals surface area contributed by atoms with E-state index in [2.05, 4.69) is 20.8 Å². The van der Waals surface area contributed by atoms with Gasteiger partial charge in [-0.25, -0.2) is 0 Å². The summed E-state index contributed by atoms with van der Waals surface area (Å²) >= 11 is 12.3. The van der Waals surface area contributed by atoms with Crippen LogP contribution in [0, 0.1) is 0 Å². The van der Waals surface area contributed by atoms with Gasteiger partial charge in [-0.3, -0.25) is 25.1 Å². The Kier molecular flexibility index (Phi) is 7.50. The number of hydrogen-bond donors (Lipinski definition) is 2. The minimum Gasteiger partial charge on any atom is -0.487 e. The molecule has 1 fully saturated rings. The molecule has 1 amide bonds. The lowest BCUT2D eigenvalue weighted by molar-refractivity contribution is -0.0478. The number of anilines is 1. The van der Waals surface area contributed by atoms with Gasteiger partial charge in [0.15, 0.2) is 11.5 Å². The van der Waals surface area contributed by atoms with Gasteiger partial charge >= 0.3 is 0 Å². The number of carbonyl (C=O) groups is 1. The first-order chi connectivity index (χ1) is 17.9. The van der Waals surface area contributed by atoms with E-state index in [-0.39, 0.29) is 22.8 Å². The van der Waals surface area contributed by atoms with Crippen molar-refractivity contribution < 1.29 is 19.1 Å². The SMILES string of the molecule is CC1(COc2cc(C(=O)Nc3c(Cl)cncc3Cl)ccc2OC2CCCC2)C=C(c2cccnc2)NO1. The van der Waals surface area contributed by atoms with Gasteiger partial charge in [0.05, 0.1) is 27.5 Å². The molecule has 2 aromatic heterocycles. The standard InChI is InChI=1S/C27H26Cl2N4O4/c1-27(12-22(33-37-27)18-5-4-10-30-13-18)16-35-24-11-17(8-9-23(24)36-19-6-2-3-7-19)26(34)32-25-20(28)14-31-15-21(25)29/h4-5,8-15,19,33H,2-3,6-7,16H2,1H3,(H,31,32,34). The average Bonchev–Trinajstić information content (AvgIpc) is 3.56. The Morgan fingerprint density at radius 1 is 1.14 bits per heavy atom. The van der Waals surface area contributed by atoms with Crippen LogP contribution in [0.15, 0.2) is 61.2 Å². The highest BCUT2D eigenvalue weighted by molar-refractivity contribution is 6.39. The van der Waals surface area contributed by atoms with E-state index in [4.69, 9.17) is 37.5 Å². The molecule has 1 atom stereocenters. The number of hydroxylamine groups is 1. The van der Waals surface area contributed by atoms with Gasteiger partial charge < -0.3 is 14.8 Å². The van der Waals surface area contributed by atoms with Crippen LogP contribution in [0.4, 0.5) is 5.69 Å². The van der Waals surface area contributed by atoms with E-state index in [0.29, 0.717) is 22.7 Å². The number of amides is 1. The van der Waals surface area contributed by atoms with Crippen LogP contribution >= 0.6 is 23.2 Å². The lowest BCUT2D eigenvalue weighted by atomic mass is 10.1. The first-order valence-electron chi connectivity index (χ1n) is 12.0. The lowest BCUT2D eigenvalue weighted by Gasteiger charge is -2.23. The van der Waals surface area contributed by atoms with Gasteiger partial charge in [-0.1, -0.05) is 23.2 Å². The molecule has 0 saturated heterocycles. The number of nitrogens with zero attached hydrogens (tertiary/aromatic N) is 2. The molecule has 2 N–H and O–H groups in total. The highest BCUT2D eigenvalue weighted by atomic mass is 35.5. The average molecular weight is 541 g/mol. The highest BCUT2D eigenvalue weighted by Gasteiger charge is 2.32. The van der Waals surface area contributed by atoms with Crippen molar-refractivity contribution >= 4 is 40.5 Å². The molecule has 1 unspecified atom stereocenters. The minimum atomic E-state index is -0.758. The summed E-state index contributed by atoms with van der Waals surface area (Å²) in [4.78, 5) is 27.0. The fraction of sp³-hybridized carbons (Fsp3) is 0.296. The van der Waals surface area contributed by atoms with Crippen LogP contribution in [0.25, 0.3) is 5.70 Å². The number of aromatic nitrogens is 2. The zero-order valence-corrected chi connectivity index (χ0v) is 21.7.